The minimum atomic E-state index is -4.43. The highest BCUT2D eigenvalue weighted by Gasteiger charge is 2.30. The maximum absolute atomic E-state index is 12.4. The molecule has 0 bridgehead atoms. The number of hydrogen-bond acceptors (Lipinski definition) is 3. The quantitative estimate of drug-likeness (QED) is 0.895. The first-order valence-electron chi connectivity index (χ1n) is 6.65. The molecule has 2 rings (SSSR count). The Kier molecular flexibility index (Phi) is 4.77. The maximum Gasteiger partial charge on any atom is 0.416 e. The van der Waals surface area contributed by atoms with Crippen LogP contribution < -0.4 is 10.0 Å². The number of halogens is 3. The van der Waals surface area contributed by atoms with Crippen LogP contribution in [0.2, 0.25) is 0 Å². The third kappa shape index (κ3) is 4.89. The molecule has 0 saturated carbocycles. The van der Waals surface area contributed by atoms with Gasteiger partial charge in [0, 0.05) is 5.69 Å². The van der Waals surface area contributed by atoms with E-state index in [0.29, 0.717) is 6.54 Å². The lowest BCUT2D eigenvalue weighted by Gasteiger charge is -2.22. The van der Waals surface area contributed by atoms with Crippen LogP contribution in [0.5, 0.6) is 0 Å². The highest BCUT2D eigenvalue weighted by molar-refractivity contribution is 7.92. The van der Waals surface area contributed by atoms with E-state index in [2.05, 4.69) is 10.0 Å². The standard InChI is InChI=1S/C13H17F3N2O2S/c14-13(15,16)11-3-5-12(6-4-11)18-21(19,20)9-10-2-1-7-17-8-10/h3-6,10,17-18H,1-2,7-9H2. The van der Waals surface area contributed by atoms with Gasteiger partial charge < -0.3 is 5.32 Å². The number of sulfonamides is 1. The normalized spacial score (nSPS) is 20.2. The van der Waals surface area contributed by atoms with Crippen molar-refractivity contribution in [2.75, 3.05) is 23.6 Å². The van der Waals surface area contributed by atoms with E-state index >= 15 is 0 Å². The molecular formula is C13H17F3N2O2S. The van der Waals surface area contributed by atoms with Gasteiger partial charge in [-0.05, 0) is 56.1 Å². The average Bonchev–Trinajstić information content (AvgIpc) is 2.38. The zero-order valence-corrected chi connectivity index (χ0v) is 12.1. The molecule has 1 atom stereocenters. The Labute approximate surface area is 121 Å². The lowest BCUT2D eigenvalue weighted by molar-refractivity contribution is -0.137. The van der Waals surface area contributed by atoms with Crippen LogP contribution >= 0.6 is 0 Å². The van der Waals surface area contributed by atoms with Gasteiger partial charge >= 0.3 is 6.18 Å². The largest absolute Gasteiger partial charge is 0.416 e. The number of benzene rings is 1. The highest BCUT2D eigenvalue weighted by atomic mass is 32.2. The molecular weight excluding hydrogens is 305 g/mol. The molecule has 2 N–H and O–H groups in total. The summed E-state index contributed by atoms with van der Waals surface area (Å²) in [5.41, 5.74) is -0.659. The molecule has 1 aliphatic rings. The fourth-order valence-corrected chi connectivity index (χ4v) is 3.81. The third-order valence-electron chi connectivity index (χ3n) is 3.34. The SMILES string of the molecule is O=S(=O)(CC1CCCNC1)Nc1ccc(C(F)(F)F)cc1. The van der Waals surface area contributed by atoms with Gasteiger partial charge in [0.2, 0.25) is 10.0 Å². The molecule has 1 unspecified atom stereocenters. The minimum Gasteiger partial charge on any atom is -0.316 e. The Morgan fingerprint density at radius 1 is 1.24 bits per heavy atom. The van der Waals surface area contributed by atoms with Gasteiger partial charge in [-0.1, -0.05) is 0 Å². The van der Waals surface area contributed by atoms with Gasteiger partial charge in [0.1, 0.15) is 0 Å². The van der Waals surface area contributed by atoms with Crippen LogP contribution in [0.4, 0.5) is 18.9 Å². The molecule has 1 aromatic carbocycles. The second-order valence-electron chi connectivity index (χ2n) is 5.17. The lowest BCUT2D eigenvalue weighted by Crippen LogP contribution is -2.35. The van der Waals surface area contributed by atoms with E-state index < -0.39 is 21.8 Å². The van der Waals surface area contributed by atoms with E-state index in [1.54, 1.807) is 0 Å². The number of anilines is 1. The van der Waals surface area contributed by atoms with Crippen molar-refractivity contribution in [2.24, 2.45) is 5.92 Å². The van der Waals surface area contributed by atoms with Gasteiger partial charge in [0.15, 0.2) is 0 Å². The van der Waals surface area contributed by atoms with E-state index in [1.165, 1.54) is 0 Å². The first-order valence-corrected chi connectivity index (χ1v) is 8.30. The van der Waals surface area contributed by atoms with E-state index in [1.807, 2.05) is 0 Å². The molecule has 1 aromatic rings. The monoisotopic (exact) mass is 322 g/mol. The molecule has 1 aliphatic heterocycles. The number of nitrogens with one attached hydrogen (secondary N) is 2. The van der Waals surface area contributed by atoms with Crippen LogP contribution in [0.25, 0.3) is 0 Å². The Morgan fingerprint density at radius 2 is 1.90 bits per heavy atom. The van der Waals surface area contributed by atoms with Crippen LogP contribution in [0.1, 0.15) is 18.4 Å². The Morgan fingerprint density at radius 3 is 2.43 bits per heavy atom. The summed E-state index contributed by atoms with van der Waals surface area (Å²) in [5, 5.41) is 3.13. The predicted molar refractivity (Wildman–Crippen MR) is 74.4 cm³/mol. The summed E-state index contributed by atoms with van der Waals surface area (Å²) in [4.78, 5) is 0. The molecule has 0 spiro atoms. The summed E-state index contributed by atoms with van der Waals surface area (Å²) in [6, 6.07) is 3.97. The molecule has 0 radical (unpaired) electrons. The van der Waals surface area contributed by atoms with Crippen LogP contribution in [0, 0.1) is 5.92 Å². The summed E-state index contributed by atoms with van der Waals surface area (Å²) >= 11 is 0. The molecule has 21 heavy (non-hydrogen) atoms. The van der Waals surface area contributed by atoms with E-state index in [4.69, 9.17) is 0 Å². The second kappa shape index (κ2) is 6.23. The third-order valence-corrected chi connectivity index (χ3v) is 4.80. The molecule has 118 valence electrons. The van der Waals surface area contributed by atoms with E-state index in [-0.39, 0.29) is 17.4 Å². The fraction of sp³-hybridized carbons (Fsp3) is 0.538. The first kappa shape index (κ1) is 16.1. The van der Waals surface area contributed by atoms with Crippen molar-refractivity contribution in [3.8, 4) is 0 Å². The molecule has 1 fully saturated rings. The Balaban J connectivity index is 1.99. The average molecular weight is 322 g/mol. The van der Waals surface area contributed by atoms with Crippen LogP contribution in [-0.2, 0) is 16.2 Å². The summed E-state index contributed by atoms with van der Waals surface area (Å²) in [6.45, 7) is 1.54. The van der Waals surface area contributed by atoms with Gasteiger partial charge in [0.05, 0.1) is 11.3 Å². The molecule has 0 amide bonds. The first-order chi connectivity index (χ1) is 9.76. The van der Waals surface area contributed by atoms with Gasteiger partial charge in [-0.25, -0.2) is 8.42 Å². The summed E-state index contributed by atoms with van der Waals surface area (Å²) in [6.07, 6.45) is -2.66. The van der Waals surface area contributed by atoms with Crippen molar-refractivity contribution in [1.82, 2.24) is 5.32 Å². The fourth-order valence-electron chi connectivity index (χ4n) is 2.33. The van der Waals surface area contributed by atoms with Gasteiger partial charge in [0.25, 0.3) is 0 Å². The predicted octanol–water partition coefficient (Wildman–Crippen LogP) is 2.45. The van der Waals surface area contributed by atoms with Crippen molar-refractivity contribution in [3.63, 3.8) is 0 Å². The number of rotatable bonds is 4. The van der Waals surface area contributed by atoms with Crippen LogP contribution in [0.3, 0.4) is 0 Å². The summed E-state index contributed by atoms with van der Waals surface area (Å²) < 4.78 is 63.6. The van der Waals surface area contributed by atoms with Gasteiger partial charge in [-0.2, -0.15) is 13.2 Å². The number of piperidine rings is 1. The summed E-state index contributed by atoms with van der Waals surface area (Å²) in [5.74, 6) is 0.00629. The van der Waals surface area contributed by atoms with E-state index in [0.717, 1.165) is 43.7 Å². The Bertz CT molecular complexity index is 564. The van der Waals surface area contributed by atoms with Crippen molar-refractivity contribution in [2.45, 2.75) is 19.0 Å². The molecule has 4 nitrogen and oxygen atoms in total. The van der Waals surface area contributed by atoms with Crippen molar-refractivity contribution < 1.29 is 21.6 Å². The maximum atomic E-state index is 12.4. The highest BCUT2D eigenvalue weighted by Crippen LogP contribution is 2.30. The Hall–Kier alpha value is -1.28. The molecule has 0 aliphatic carbocycles. The molecule has 1 heterocycles. The van der Waals surface area contributed by atoms with Gasteiger partial charge in [-0.3, -0.25) is 4.72 Å². The number of hydrogen-bond donors (Lipinski definition) is 2. The van der Waals surface area contributed by atoms with Crippen LogP contribution in [-0.4, -0.2) is 27.3 Å². The van der Waals surface area contributed by atoms with E-state index in [9.17, 15) is 21.6 Å². The lowest BCUT2D eigenvalue weighted by atomic mass is 10.0. The summed E-state index contributed by atoms with van der Waals surface area (Å²) in [7, 11) is -3.55. The van der Waals surface area contributed by atoms with Gasteiger partial charge in [-0.15, -0.1) is 0 Å². The van der Waals surface area contributed by atoms with Crippen molar-refractivity contribution in [3.05, 3.63) is 29.8 Å². The van der Waals surface area contributed by atoms with Crippen molar-refractivity contribution in [1.29, 1.82) is 0 Å². The minimum absolute atomic E-state index is 0.0268. The smallest absolute Gasteiger partial charge is 0.316 e. The molecule has 0 aromatic heterocycles. The van der Waals surface area contributed by atoms with Crippen molar-refractivity contribution >= 4 is 15.7 Å². The molecule has 1 saturated heterocycles. The van der Waals surface area contributed by atoms with Crippen LogP contribution in [0.15, 0.2) is 24.3 Å². The topological polar surface area (TPSA) is 58.2 Å². The molecule has 8 heteroatoms. The second-order valence-corrected chi connectivity index (χ2v) is 6.94. The zero-order chi connectivity index (χ0) is 15.5. The number of alkyl halides is 3. The zero-order valence-electron chi connectivity index (χ0n) is 11.3.